The molecule has 1 aromatic carbocycles. The molecule has 1 amide bonds. The smallest absolute Gasteiger partial charge is 0.255 e. The monoisotopic (exact) mass is 380 g/mol. The third-order valence-corrected chi connectivity index (χ3v) is 6.01. The van der Waals surface area contributed by atoms with Crippen molar-refractivity contribution in [1.29, 1.82) is 0 Å². The van der Waals surface area contributed by atoms with Crippen LogP contribution < -0.4 is 4.90 Å². The average Bonchev–Trinajstić information content (AvgIpc) is 3.30. The lowest BCUT2D eigenvalue weighted by Gasteiger charge is -2.34. The van der Waals surface area contributed by atoms with Gasteiger partial charge >= 0.3 is 0 Å². The summed E-state index contributed by atoms with van der Waals surface area (Å²) in [6.07, 6.45) is 1.83. The molecule has 3 heterocycles. The summed E-state index contributed by atoms with van der Waals surface area (Å²) < 4.78 is 2.17. The van der Waals surface area contributed by atoms with Crippen molar-refractivity contribution in [3.8, 4) is 5.69 Å². The van der Waals surface area contributed by atoms with Crippen LogP contribution in [-0.4, -0.2) is 46.5 Å². The van der Waals surface area contributed by atoms with Gasteiger partial charge in [-0.2, -0.15) is 0 Å². The van der Waals surface area contributed by atoms with Gasteiger partial charge in [-0.15, -0.1) is 11.3 Å². The molecule has 0 N–H and O–H groups in total. The second kappa shape index (κ2) is 7.19. The van der Waals surface area contributed by atoms with E-state index in [1.165, 1.54) is 5.56 Å². The molecule has 140 valence electrons. The summed E-state index contributed by atoms with van der Waals surface area (Å²) in [6.45, 7) is 9.30. The van der Waals surface area contributed by atoms with E-state index in [1.54, 1.807) is 11.3 Å². The molecule has 0 unspecified atom stereocenters. The molecule has 1 saturated heterocycles. The molecule has 2 aromatic heterocycles. The molecular formula is C21H24N4OS. The lowest BCUT2D eigenvalue weighted by atomic mass is 10.2. The van der Waals surface area contributed by atoms with Gasteiger partial charge in [0.15, 0.2) is 5.13 Å². The van der Waals surface area contributed by atoms with E-state index in [4.69, 9.17) is 0 Å². The Kier molecular flexibility index (Phi) is 4.74. The van der Waals surface area contributed by atoms with Crippen molar-refractivity contribution in [3.63, 3.8) is 0 Å². The lowest BCUT2D eigenvalue weighted by molar-refractivity contribution is 0.0746. The number of aryl methyl sites for hydroxylation is 2. The van der Waals surface area contributed by atoms with Gasteiger partial charge < -0.3 is 14.4 Å². The molecule has 5 nitrogen and oxygen atoms in total. The van der Waals surface area contributed by atoms with Crippen LogP contribution in [0.2, 0.25) is 0 Å². The summed E-state index contributed by atoms with van der Waals surface area (Å²) in [7, 11) is 0. The Balaban J connectivity index is 1.54. The number of nitrogens with zero attached hydrogens (tertiary/aromatic N) is 4. The number of benzene rings is 1. The fraction of sp³-hybridized carbons (Fsp3) is 0.333. The van der Waals surface area contributed by atoms with Crippen molar-refractivity contribution in [1.82, 2.24) is 14.5 Å². The molecule has 1 aliphatic rings. The fourth-order valence-corrected chi connectivity index (χ4v) is 4.48. The number of thiazole rings is 1. The van der Waals surface area contributed by atoms with Gasteiger partial charge in [-0.3, -0.25) is 4.79 Å². The van der Waals surface area contributed by atoms with E-state index in [9.17, 15) is 4.79 Å². The first kappa shape index (κ1) is 17.8. The van der Waals surface area contributed by atoms with Crippen molar-refractivity contribution in [2.24, 2.45) is 0 Å². The molecule has 1 aliphatic heterocycles. The Hall–Kier alpha value is -2.60. The molecule has 0 saturated carbocycles. The predicted molar refractivity (Wildman–Crippen MR) is 110 cm³/mol. The molecule has 1 fully saturated rings. The minimum atomic E-state index is 0.126. The average molecular weight is 381 g/mol. The highest BCUT2D eigenvalue weighted by atomic mass is 32.1. The van der Waals surface area contributed by atoms with E-state index < -0.39 is 0 Å². The minimum absolute atomic E-state index is 0.126. The van der Waals surface area contributed by atoms with Gasteiger partial charge in [0.25, 0.3) is 5.91 Å². The molecule has 27 heavy (non-hydrogen) atoms. The molecule has 0 radical (unpaired) electrons. The molecule has 4 rings (SSSR count). The first-order valence-electron chi connectivity index (χ1n) is 9.24. The van der Waals surface area contributed by atoms with Gasteiger partial charge in [0.2, 0.25) is 0 Å². The number of hydrogen-bond donors (Lipinski definition) is 0. The highest BCUT2D eigenvalue weighted by Crippen LogP contribution is 2.24. The fourth-order valence-electron chi connectivity index (χ4n) is 3.79. The topological polar surface area (TPSA) is 41.4 Å². The van der Waals surface area contributed by atoms with Crippen LogP contribution in [0.3, 0.4) is 0 Å². The second-order valence-electron chi connectivity index (χ2n) is 7.05. The van der Waals surface area contributed by atoms with Crippen LogP contribution in [0.1, 0.15) is 27.3 Å². The van der Waals surface area contributed by atoms with E-state index in [1.807, 2.05) is 29.5 Å². The minimum Gasteiger partial charge on any atom is -0.345 e. The largest absolute Gasteiger partial charge is 0.345 e. The van der Waals surface area contributed by atoms with Gasteiger partial charge in [-0.05, 0) is 44.5 Å². The quantitative estimate of drug-likeness (QED) is 0.694. The SMILES string of the molecule is Cc1cccc(-n2c(C)cc(C(=O)N3CCN(c4nccs4)CC3)c2C)c1. The van der Waals surface area contributed by atoms with Gasteiger partial charge in [0, 0.05) is 54.8 Å². The zero-order valence-corrected chi connectivity index (χ0v) is 16.8. The lowest BCUT2D eigenvalue weighted by Crippen LogP contribution is -2.48. The number of carbonyl (C=O) groups is 1. The highest BCUT2D eigenvalue weighted by Gasteiger charge is 2.26. The molecule has 0 bridgehead atoms. The summed E-state index contributed by atoms with van der Waals surface area (Å²) in [6, 6.07) is 10.4. The standard InChI is InChI=1S/C21H24N4OS/c1-15-5-4-6-18(13-15)25-16(2)14-19(17(25)3)20(26)23-8-10-24(11-9-23)21-22-7-12-27-21/h4-7,12-14H,8-11H2,1-3H3. The molecule has 3 aromatic rings. The number of piperazine rings is 1. The van der Waals surface area contributed by atoms with Crippen LogP contribution in [0.15, 0.2) is 41.9 Å². The number of hydrogen-bond acceptors (Lipinski definition) is 4. The van der Waals surface area contributed by atoms with E-state index in [2.05, 4.69) is 52.6 Å². The molecule has 0 spiro atoms. The van der Waals surface area contributed by atoms with Gasteiger partial charge in [-0.1, -0.05) is 12.1 Å². The zero-order chi connectivity index (χ0) is 19.0. The maximum atomic E-state index is 13.2. The molecule has 0 atom stereocenters. The number of aromatic nitrogens is 2. The first-order chi connectivity index (χ1) is 13.0. The van der Waals surface area contributed by atoms with Crippen molar-refractivity contribution in [2.75, 3.05) is 31.1 Å². The number of carbonyl (C=O) groups excluding carboxylic acids is 1. The second-order valence-corrected chi connectivity index (χ2v) is 7.93. The van der Waals surface area contributed by atoms with E-state index >= 15 is 0 Å². The van der Waals surface area contributed by atoms with E-state index in [0.29, 0.717) is 0 Å². The van der Waals surface area contributed by atoms with Crippen LogP contribution >= 0.6 is 11.3 Å². The number of anilines is 1. The Bertz CT molecular complexity index is 953. The Morgan fingerprint density at radius 1 is 1.07 bits per heavy atom. The highest BCUT2D eigenvalue weighted by molar-refractivity contribution is 7.13. The Morgan fingerprint density at radius 3 is 2.52 bits per heavy atom. The van der Waals surface area contributed by atoms with Crippen LogP contribution in [0.4, 0.5) is 5.13 Å². The summed E-state index contributed by atoms with van der Waals surface area (Å²) in [5.74, 6) is 0.126. The predicted octanol–water partition coefficient (Wildman–Crippen LogP) is 3.82. The summed E-state index contributed by atoms with van der Waals surface area (Å²) >= 11 is 1.65. The van der Waals surface area contributed by atoms with Crippen molar-refractivity contribution >= 4 is 22.4 Å². The number of amides is 1. The Morgan fingerprint density at radius 2 is 1.85 bits per heavy atom. The number of rotatable bonds is 3. The van der Waals surface area contributed by atoms with Crippen molar-refractivity contribution in [2.45, 2.75) is 20.8 Å². The maximum Gasteiger partial charge on any atom is 0.255 e. The normalized spacial score (nSPS) is 14.6. The maximum absolute atomic E-state index is 13.2. The van der Waals surface area contributed by atoms with Crippen LogP contribution in [-0.2, 0) is 0 Å². The third kappa shape index (κ3) is 3.37. The molecule has 0 aliphatic carbocycles. The van der Waals surface area contributed by atoms with Crippen LogP contribution in [0.25, 0.3) is 5.69 Å². The van der Waals surface area contributed by atoms with Gasteiger partial charge in [0.05, 0.1) is 5.56 Å². The molecule has 6 heteroatoms. The van der Waals surface area contributed by atoms with Crippen LogP contribution in [0, 0.1) is 20.8 Å². The first-order valence-corrected chi connectivity index (χ1v) is 10.1. The van der Waals surface area contributed by atoms with Gasteiger partial charge in [0.1, 0.15) is 0 Å². The van der Waals surface area contributed by atoms with Crippen molar-refractivity contribution < 1.29 is 4.79 Å². The zero-order valence-electron chi connectivity index (χ0n) is 16.0. The summed E-state index contributed by atoms with van der Waals surface area (Å²) in [4.78, 5) is 21.8. The Labute approximate surface area is 163 Å². The van der Waals surface area contributed by atoms with E-state index in [-0.39, 0.29) is 5.91 Å². The summed E-state index contributed by atoms with van der Waals surface area (Å²) in [5, 5.41) is 3.03. The van der Waals surface area contributed by atoms with Crippen molar-refractivity contribution in [3.05, 3.63) is 64.4 Å². The van der Waals surface area contributed by atoms with Crippen LogP contribution in [0.5, 0.6) is 0 Å². The van der Waals surface area contributed by atoms with E-state index in [0.717, 1.165) is 53.9 Å². The van der Waals surface area contributed by atoms with Gasteiger partial charge in [-0.25, -0.2) is 4.98 Å². The molecular weight excluding hydrogens is 356 g/mol. The third-order valence-electron chi connectivity index (χ3n) is 5.18. The summed E-state index contributed by atoms with van der Waals surface area (Å²) in [5.41, 5.74) is 5.22.